The van der Waals surface area contributed by atoms with E-state index >= 15 is 0 Å². The smallest absolute Gasteiger partial charge is 0.136 e. The summed E-state index contributed by atoms with van der Waals surface area (Å²) in [4.78, 5) is 8.59. The van der Waals surface area contributed by atoms with Crippen LogP contribution in [0, 0.1) is 11.3 Å². The van der Waals surface area contributed by atoms with Crippen molar-refractivity contribution in [1.29, 1.82) is 5.26 Å². The predicted molar refractivity (Wildman–Crippen MR) is 82.7 cm³/mol. The molecule has 0 fully saturated rings. The van der Waals surface area contributed by atoms with E-state index < -0.39 is 0 Å². The average Bonchev–Trinajstić information content (AvgIpc) is 2.40. The predicted octanol–water partition coefficient (Wildman–Crippen LogP) is 3.56. The minimum atomic E-state index is 0.180. The third-order valence-corrected chi connectivity index (χ3v) is 3.14. The Morgan fingerprint density at radius 3 is 2.70 bits per heavy atom. The molecule has 0 saturated carbocycles. The molecule has 0 saturated heterocycles. The fourth-order valence-corrected chi connectivity index (χ4v) is 2.02. The van der Waals surface area contributed by atoms with Gasteiger partial charge in [0.15, 0.2) is 0 Å². The van der Waals surface area contributed by atoms with Crippen LogP contribution in [-0.4, -0.2) is 9.97 Å². The van der Waals surface area contributed by atoms with E-state index in [4.69, 9.17) is 11.0 Å². The number of halogens is 1. The summed E-state index contributed by atoms with van der Waals surface area (Å²) in [5.74, 6) is 1.84. The first-order valence-corrected chi connectivity index (χ1v) is 6.90. The number of nitrogens with zero attached hydrogens (tertiary/aromatic N) is 3. The van der Waals surface area contributed by atoms with Gasteiger partial charge in [-0.25, -0.2) is 9.97 Å². The highest BCUT2D eigenvalue weighted by Gasteiger charge is 2.09. The quantitative estimate of drug-likeness (QED) is 0.897. The van der Waals surface area contributed by atoms with Gasteiger partial charge in [-0.15, -0.1) is 0 Å². The maximum Gasteiger partial charge on any atom is 0.136 e. The molecule has 0 aliphatic heterocycles. The molecule has 1 aromatic carbocycles. The molecule has 6 heteroatoms. The van der Waals surface area contributed by atoms with Gasteiger partial charge in [0.25, 0.3) is 0 Å². The fourth-order valence-electron chi connectivity index (χ4n) is 1.66. The lowest BCUT2D eigenvalue weighted by atomic mass is 10.2. The van der Waals surface area contributed by atoms with Gasteiger partial charge in [0, 0.05) is 16.5 Å². The highest BCUT2D eigenvalue weighted by molar-refractivity contribution is 9.10. The Morgan fingerprint density at radius 1 is 1.30 bits per heavy atom. The molecule has 0 atom stereocenters. The van der Waals surface area contributed by atoms with E-state index in [-0.39, 0.29) is 5.92 Å². The normalized spacial score (nSPS) is 10.3. The van der Waals surface area contributed by atoms with Gasteiger partial charge in [0.05, 0.1) is 11.3 Å². The van der Waals surface area contributed by atoms with Crippen molar-refractivity contribution in [1.82, 2.24) is 9.97 Å². The summed E-state index contributed by atoms with van der Waals surface area (Å²) in [6.45, 7) is 4.00. The molecule has 5 nitrogen and oxygen atoms in total. The monoisotopic (exact) mass is 331 g/mol. The van der Waals surface area contributed by atoms with Gasteiger partial charge >= 0.3 is 0 Å². The Hall–Kier alpha value is -2.13. The summed E-state index contributed by atoms with van der Waals surface area (Å²) in [5, 5.41) is 12.3. The largest absolute Gasteiger partial charge is 0.384 e. The lowest BCUT2D eigenvalue weighted by Crippen LogP contribution is -2.05. The van der Waals surface area contributed by atoms with Crippen LogP contribution in [0.3, 0.4) is 0 Å². The van der Waals surface area contributed by atoms with Crippen molar-refractivity contribution >= 4 is 33.3 Å². The second kappa shape index (κ2) is 5.88. The second-order valence-electron chi connectivity index (χ2n) is 4.62. The minimum Gasteiger partial charge on any atom is -0.384 e. The lowest BCUT2D eigenvalue weighted by molar-refractivity contribution is 0.779. The minimum absolute atomic E-state index is 0.180. The maximum absolute atomic E-state index is 9.15. The average molecular weight is 332 g/mol. The van der Waals surface area contributed by atoms with Gasteiger partial charge < -0.3 is 11.1 Å². The van der Waals surface area contributed by atoms with E-state index in [1.165, 1.54) is 0 Å². The van der Waals surface area contributed by atoms with Crippen LogP contribution in [0.25, 0.3) is 0 Å². The lowest BCUT2D eigenvalue weighted by Gasteiger charge is -2.11. The van der Waals surface area contributed by atoms with Crippen LogP contribution in [0.1, 0.15) is 31.2 Å². The molecule has 0 unspecified atom stereocenters. The van der Waals surface area contributed by atoms with Gasteiger partial charge in [-0.05, 0) is 18.2 Å². The third kappa shape index (κ3) is 3.25. The van der Waals surface area contributed by atoms with Crippen molar-refractivity contribution in [3.8, 4) is 6.07 Å². The van der Waals surface area contributed by atoms with Gasteiger partial charge in [-0.2, -0.15) is 5.26 Å². The summed E-state index contributed by atoms with van der Waals surface area (Å²) >= 11 is 3.34. The zero-order valence-corrected chi connectivity index (χ0v) is 12.8. The Balaban J connectivity index is 2.38. The molecule has 0 aliphatic rings. The summed E-state index contributed by atoms with van der Waals surface area (Å²) in [5.41, 5.74) is 7.00. The highest BCUT2D eigenvalue weighted by Crippen LogP contribution is 2.24. The van der Waals surface area contributed by atoms with Crippen LogP contribution in [-0.2, 0) is 0 Å². The molecule has 0 spiro atoms. The summed E-state index contributed by atoms with van der Waals surface area (Å²) in [6.07, 6.45) is 0. The van der Waals surface area contributed by atoms with Crippen molar-refractivity contribution in [2.75, 3.05) is 11.1 Å². The van der Waals surface area contributed by atoms with Gasteiger partial charge in [-0.3, -0.25) is 0 Å². The van der Waals surface area contributed by atoms with Gasteiger partial charge in [0.2, 0.25) is 0 Å². The zero-order chi connectivity index (χ0) is 14.7. The number of rotatable bonds is 3. The number of anilines is 3. The van der Waals surface area contributed by atoms with Gasteiger partial charge in [-0.1, -0.05) is 29.8 Å². The molecule has 2 rings (SSSR count). The van der Waals surface area contributed by atoms with Crippen LogP contribution in [0.2, 0.25) is 0 Å². The summed E-state index contributed by atoms with van der Waals surface area (Å²) < 4.78 is 0.852. The van der Waals surface area contributed by atoms with E-state index in [1.54, 1.807) is 12.1 Å². The van der Waals surface area contributed by atoms with Gasteiger partial charge in [0.1, 0.15) is 23.5 Å². The molecule has 102 valence electrons. The molecule has 20 heavy (non-hydrogen) atoms. The summed E-state index contributed by atoms with van der Waals surface area (Å²) in [6, 6.07) is 9.21. The molecule has 2 aromatic rings. The van der Waals surface area contributed by atoms with E-state index in [9.17, 15) is 0 Å². The van der Waals surface area contributed by atoms with E-state index in [1.807, 2.05) is 26.0 Å². The Bertz CT molecular complexity index is 676. The van der Waals surface area contributed by atoms with Crippen LogP contribution in [0.4, 0.5) is 17.3 Å². The van der Waals surface area contributed by atoms with Crippen LogP contribution >= 0.6 is 15.9 Å². The number of nitrogens with two attached hydrogens (primary N) is 1. The first kappa shape index (κ1) is 14.3. The summed E-state index contributed by atoms with van der Waals surface area (Å²) in [7, 11) is 0. The molecular weight excluding hydrogens is 318 g/mol. The number of nitriles is 1. The topological polar surface area (TPSA) is 87.6 Å². The first-order chi connectivity index (χ1) is 9.49. The number of aromatic nitrogens is 2. The van der Waals surface area contributed by atoms with Crippen LogP contribution in [0.5, 0.6) is 0 Å². The fraction of sp³-hybridized carbons (Fsp3) is 0.214. The number of nitrogens with one attached hydrogen (secondary N) is 1. The second-order valence-corrected chi connectivity index (χ2v) is 5.53. The molecule has 0 amide bonds. The SMILES string of the molecule is CC(C)c1nc(N)cc(Nc2ccc(Br)cc2C#N)n1. The van der Waals surface area contributed by atoms with Crippen molar-refractivity contribution < 1.29 is 0 Å². The highest BCUT2D eigenvalue weighted by atomic mass is 79.9. The molecule has 3 N–H and O–H groups in total. The molecule has 1 aromatic heterocycles. The van der Waals surface area contributed by atoms with Crippen molar-refractivity contribution in [2.45, 2.75) is 19.8 Å². The number of hydrogen-bond acceptors (Lipinski definition) is 5. The van der Waals surface area contributed by atoms with Crippen LogP contribution < -0.4 is 11.1 Å². The molecular formula is C14H14BrN5. The van der Waals surface area contributed by atoms with E-state index in [0.717, 1.165) is 4.47 Å². The van der Waals surface area contributed by atoms with E-state index in [0.29, 0.717) is 28.7 Å². The first-order valence-electron chi connectivity index (χ1n) is 6.10. The number of nitrogen functional groups attached to an aromatic ring is 1. The Morgan fingerprint density at radius 2 is 2.05 bits per heavy atom. The maximum atomic E-state index is 9.15. The Labute approximate surface area is 126 Å². The molecule has 1 heterocycles. The van der Waals surface area contributed by atoms with Crippen molar-refractivity contribution in [3.05, 3.63) is 40.1 Å². The van der Waals surface area contributed by atoms with E-state index in [2.05, 4.69) is 37.3 Å². The molecule has 0 bridgehead atoms. The number of hydrogen-bond donors (Lipinski definition) is 2. The van der Waals surface area contributed by atoms with Crippen LogP contribution in [0.15, 0.2) is 28.7 Å². The standard InChI is InChI=1S/C14H14BrN5/c1-8(2)14-19-12(17)6-13(20-14)18-11-4-3-10(15)5-9(11)7-16/h3-6,8H,1-2H3,(H3,17,18,19,20). The van der Waals surface area contributed by atoms with Crippen molar-refractivity contribution in [3.63, 3.8) is 0 Å². The Kier molecular flexibility index (Phi) is 4.20. The number of benzene rings is 1. The molecule has 0 radical (unpaired) electrons. The zero-order valence-electron chi connectivity index (χ0n) is 11.2. The third-order valence-electron chi connectivity index (χ3n) is 2.64. The van der Waals surface area contributed by atoms with Crippen molar-refractivity contribution in [2.24, 2.45) is 0 Å². The molecule has 0 aliphatic carbocycles.